The van der Waals surface area contributed by atoms with Gasteiger partial charge in [0.25, 0.3) is 0 Å². The molecule has 26 rings (SSSR count). The zero-order valence-electron chi connectivity index (χ0n) is 94.1. The molecule has 0 spiro atoms. The zero-order chi connectivity index (χ0) is 106. The van der Waals surface area contributed by atoms with Gasteiger partial charge in [0.15, 0.2) is 31.0 Å². The lowest BCUT2D eigenvalue weighted by Crippen LogP contribution is -2.32. The van der Waals surface area contributed by atoms with E-state index in [1.807, 2.05) is 187 Å². The van der Waals surface area contributed by atoms with Gasteiger partial charge in [-0.25, -0.2) is 22.8 Å². The minimum absolute atomic E-state index is 0.0579. The van der Waals surface area contributed by atoms with Crippen LogP contribution in [0, 0.1) is 67.2 Å². The summed E-state index contributed by atoms with van der Waals surface area (Å²) in [6.45, 7) is 12.3. The molecule has 10 aromatic heterocycles. The molecular weight excluding hydrogens is 1760 g/mol. The van der Waals surface area contributed by atoms with Crippen LogP contribution in [0.15, 0.2) is 332 Å². The van der Waals surface area contributed by atoms with Gasteiger partial charge in [-0.1, -0.05) is 284 Å². The van der Waals surface area contributed by atoms with Crippen LogP contribution in [-0.2, 0) is 48.0 Å². The molecule has 4 aliphatic rings. The van der Waals surface area contributed by atoms with Crippen LogP contribution in [0.1, 0.15) is 206 Å². The summed E-state index contributed by atoms with van der Waals surface area (Å²) >= 11 is 0. The van der Waals surface area contributed by atoms with Crippen molar-refractivity contribution in [3.05, 3.63) is 377 Å². The molecule has 0 atom stereocenters. The van der Waals surface area contributed by atoms with E-state index >= 15 is 0 Å². The van der Waals surface area contributed by atoms with E-state index in [2.05, 4.69) is 230 Å². The molecule has 0 bridgehead atoms. The molecule has 0 unspecified atom stereocenters. The van der Waals surface area contributed by atoms with Crippen molar-refractivity contribution in [2.45, 2.75) is 195 Å². The summed E-state index contributed by atoms with van der Waals surface area (Å²) in [5, 5.41) is 11.1. The summed E-state index contributed by atoms with van der Waals surface area (Å²) in [5.74, 6) is -0.899. The molecule has 4 aliphatic carbocycles. The molecule has 22 aromatic rings. The third kappa shape index (κ3) is 18.1. The Morgan fingerprint density at radius 1 is 0.257 bits per heavy atom. The van der Waals surface area contributed by atoms with Gasteiger partial charge in [-0.05, 0) is 234 Å². The molecule has 10 heteroatoms. The number of aryl methyl sites for hydroxylation is 13. The third-order valence-electron chi connectivity index (χ3n) is 31.0. The second-order valence-electron chi connectivity index (χ2n) is 40.7. The molecule has 0 amide bonds. The standard InChI is InChI=1S/C34H30NO.C26H28NO.2C25H26NO.C24H24NO/c1-21-12-15-25(16-13-21)26-19-23(3)31(24(4)20-26)29-10-8-18-35(5)33(29)32-22(2)14-17-28-27-9-6-7-11-30(27)36-34(28)32;1-18-14-15-22-21-12-6-7-13-23(21)28-26(22)24(18)25-20(11-8-16-27(25)2)17-19-9-4-3-5-10-19;1-17-13-14-21-20-11-5-6-12-22(20)27-25(21)23(17)24-19(10-7-15-26(24)2)16-18-8-3-4-9-18;1-17-14-15-21-20-11-6-7-13-22(20)27-25(21)23(17)24-19(12-8-16-26(24)2)18-9-4-3-5-10-18;1-16-13-14-20-19-10-5-6-12-21(19)26-24(20)22(16)23-18(11-7-15-25(23)2)17-8-3-4-9-17/h6-20H,1-5H3;6-8,11-16,19H,3-5,9-10,17H2,1-2H3;5-7,10-15,18H,3-4,8-9,16H2,1-2H3;6-8,11-16,18H,3-5,9-10H2,1-2H3;5-7,10-15,17H,3-4,8-9H2,1-2H3/q5*+1/i3D3;17D2;16D2;18D;17D. The van der Waals surface area contributed by atoms with Gasteiger partial charge in [0.05, 0.1) is 33.4 Å². The number of pyridine rings is 5. The first kappa shape index (κ1) is 84.0. The summed E-state index contributed by atoms with van der Waals surface area (Å²) in [4.78, 5) is 0. The lowest BCUT2D eigenvalue weighted by molar-refractivity contribution is -0.660. The SMILES string of the molecule is [2H]C([2H])([2H])c1cc(-c2ccc(C)cc2)cc(C)c1-c1ccc[n+](C)c1-c1c(C)ccc2c1oc1ccccc12.[2H]C([2H])(c1ccc[n+](C)c1-c1c(C)ccc2c1oc1ccccc12)C1CCCC1.[2H]C([2H])(c1ccc[n+](C)c1-c1c(C)ccc2c1oc1ccccc12)C1CCCCC1.[2H]C1(c2ccc[n+](C)c2-c2c(C)ccc3c2oc2ccccc23)CCCC1.[2H]C1(c2ccc[n+](C)c2-c2c(C)ccc3c2oc2ccccc23)CCCCC1. The number of hydrogen-bond donors (Lipinski definition) is 0. The van der Waals surface area contributed by atoms with Crippen LogP contribution in [-0.4, -0.2) is 0 Å². The molecule has 0 saturated heterocycles. The maximum absolute atomic E-state index is 9.29. The maximum Gasteiger partial charge on any atom is 0.224 e. The van der Waals surface area contributed by atoms with E-state index in [4.69, 9.17) is 33.1 Å². The highest BCUT2D eigenvalue weighted by molar-refractivity contribution is 6.15. The molecule has 12 aromatic carbocycles. The number of nitrogens with zero attached hydrogens (tertiary/aromatic N) is 5. The Morgan fingerprint density at radius 2 is 0.542 bits per heavy atom. The van der Waals surface area contributed by atoms with Crippen molar-refractivity contribution in [1.29, 1.82) is 0 Å². The number of para-hydroxylation sites is 5. The Hall–Kier alpha value is -14.6. The van der Waals surface area contributed by atoms with Crippen molar-refractivity contribution < 1.29 is 57.3 Å². The Morgan fingerprint density at radius 3 is 0.896 bits per heavy atom. The van der Waals surface area contributed by atoms with Crippen LogP contribution in [0.4, 0.5) is 0 Å². The van der Waals surface area contributed by atoms with Gasteiger partial charge in [0, 0.05) is 119 Å². The second kappa shape index (κ2) is 40.7. The third-order valence-corrected chi connectivity index (χ3v) is 31.0. The molecule has 720 valence electrons. The Kier molecular flexibility index (Phi) is 23.7. The van der Waals surface area contributed by atoms with Gasteiger partial charge >= 0.3 is 0 Å². The van der Waals surface area contributed by atoms with E-state index in [1.165, 1.54) is 29.5 Å². The van der Waals surface area contributed by atoms with E-state index < -0.39 is 31.4 Å². The van der Waals surface area contributed by atoms with Gasteiger partial charge < -0.3 is 22.1 Å². The van der Waals surface area contributed by atoms with Crippen LogP contribution in [0.3, 0.4) is 0 Å². The van der Waals surface area contributed by atoms with Crippen LogP contribution in [0.25, 0.3) is 188 Å². The number of furan rings is 5. The van der Waals surface area contributed by atoms with Crippen molar-refractivity contribution in [1.82, 2.24) is 0 Å². The normalized spacial score (nSPS) is 16.1. The highest BCUT2D eigenvalue weighted by Gasteiger charge is 2.35. The Bertz CT molecular complexity index is 9090. The average Bonchev–Trinajstić information content (AvgIpc) is 1.68. The lowest BCUT2D eigenvalue weighted by atomic mass is 9.81. The fourth-order valence-corrected chi connectivity index (χ4v) is 23.7. The van der Waals surface area contributed by atoms with Gasteiger partial charge in [-0.15, -0.1) is 0 Å². The van der Waals surface area contributed by atoms with Crippen molar-refractivity contribution >= 4 is 110 Å². The quantitative estimate of drug-likeness (QED) is 0.107. The predicted octanol–water partition coefficient (Wildman–Crippen LogP) is 33.7. The van der Waals surface area contributed by atoms with Gasteiger partial charge in [0.2, 0.25) is 28.5 Å². The van der Waals surface area contributed by atoms with Crippen LogP contribution in [0.2, 0.25) is 0 Å². The first-order valence-corrected chi connectivity index (χ1v) is 52.0. The van der Waals surface area contributed by atoms with Gasteiger partial charge in [-0.2, -0.15) is 0 Å². The first-order chi connectivity index (χ1) is 73.8. The molecular formula is C134H134N5O5+5. The fraction of sp³-hybridized carbons (Fsp3) is 0.276. The average molecular weight is 1900 g/mol. The Labute approximate surface area is 859 Å². The van der Waals surface area contributed by atoms with Crippen LogP contribution < -0.4 is 22.8 Å². The smallest absolute Gasteiger partial charge is 0.224 e. The van der Waals surface area contributed by atoms with E-state index in [0.29, 0.717) is 5.56 Å². The Balaban J connectivity index is 0.000000108. The first-order valence-electron chi connectivity index (χ1n) is 56.5. The number of hydrogen-bond acceptors (Lipinski definition) is 5. The molecule has 4 saturated carbocycles. The van der Waals surface area contributed by atoms with Crippen LogP contribution in [0.5, 0.6) is 0 Å². The summed E-state index contributed by atoms with van der Waals surface area (Å²) in [6.07, 6.45) is 26.5. The van der Waals surface area contributed by atoms with Crippen molar-refractivity contribution in [2.24, 2.45) is 47.1 Å². The molecule has 0 aliphatic heterocycles. The highest BCUT2D eigenvalue weighted by atomic mass is 16.3. The summed E-state index contributed by atoms with van der Waals surface area (Å²) < 4.78 is 123. The predicted molar refractivity (Wildman–Crippen MR) is 593 cm³/mol. The number of fused-ring (bicyclic) bond motifs is 15. The fourth-order valence-electron chi connectivity index (χ4n) is 23.7. The summed E-state index contributed by atoms with van der Waals surface area (Å²) in [7, 11) is 10.2. The molecule has 0 N–H and O–H groups in total. The largest absolute Gasteiger partial charge is 0.455 e. The lowest BCUT2D eigenvalue weighted by Gasteiger charge is -2.23. The number of rotatable bonds is 13. The van der Waals surface area contributed by atoms with Crippen molar-refractivity contribution in [3.63, 3.8) is 0 Å². The maximum atomic E-state index is 9.29. The topological polar surface area (TPSA) is 85.1 Å². The van der Waals surface area contributed by atoms with Gasteiger partial charge in [0.1, 0.15) is 91.1 Å². The van der Waals surface area contributed by atoms with Crippen molar-refractivity contribution in [3.8, 4) is 78.5 Å². The van der Waals surface area contributed by atoms with E-state index in [0.717, 1.165) is 335 Å². The minimum atomic E-state index is -2.30. The van der Waals surface area contributed by atoms with Crippen LogP contribution >= 0.6 is 0 Å². The van der Waals surface area contributed by atoms with E-state index in [-0.39, 0.29) is 11.8 Å². The monoisotopic (exact) mass is 1900 g/mol. The minimum Gasteiger partial charge on any atom is -0.455 e. The molecule has 10 heterocycles. The molecule has 0 radical (unpaired) electrons. The summed E-state index contributed by atoms with van der Waals surface area (Å²) in [5.41, 5.74) is 34.4. The second-order valence-corrected chi connectivity index (χ2v) is 40.7. The van der Waals surface area contributed by atoms with E-state index in [1.54, 1.807) is 0 Å². The molecule has 10 nitrogen and oxygen atoms in total. The molecule has 4 fully saturated rings. The highest BCUT2D eigenvalue weighted by Crippen LogP contribution is 2.50. The zero-order valence-corrected chi connectivity index (χ0v) is 85.1. The van der Waals surface area contributed by atoms with E-state index in [9.17, 15) is 1.37 Å². The van der Waals surface area contributed by atoms with Crippen molar-refractivity contribution in [2.75, 3.05) is 0 Å². The molecule has 144 heavy (non-hydrogen) atoms. The number of aromatic nitrogens is 5. The number of benzene rings is 12. The summed E-state index contributed by atoms with van der Waals surface area (Å²) in [6, 6.07) is 94.7. The van der Waals surface area contributed by atoms with Gasteiger partial charge in [-0.3, -0.25) is 0 Å².